The van der Waals surface area contributed by atoms with Gasteiger partial charge in [0, 0.05) is 20.3 Å². The van der Waals surface area contributed by atoms with Crippen LogP contribution in [0.25, 0.3) is 11.0 Å². The number of fused-ring (bicyclic) bond motifs is 1. The third-order valence-corrected chi connectivity index (χ3v) is 2.41. The van der Waals surface area contributed by atoms with Crippen molar-refractivity contribution in [3.8, 4) is 0 Å². The minimum atomic E-state index is -2.85. The Kier molecular flexibility index (Phi) is 2.49. The van der Waals surface area contributed by atoms with Crippen molar-refractivity contribution in [2.45, 2.75) is 6.43 Å². The highest BCUT2D eigenvalue weighted by Gasteiger charge is 2.15. The molecule has 8 heteroatoms. The molecule has 0 atom stereocenters. The van der Waals surface area contributed by atoms with Gasteiger partial charge in [-0.1, -0.05) is 0 Å². The summed E-state index contributed by atoms with van der Waals surface area (Å²) < 4.78 is 26.7. The van der Waals surface area contributed by atoms with E-state index < -0.39 is 23.5 Å². The second-order valence-corrected chi connectivity index (χ2v) is 3.47. The van der Waals surface area contributed by atoms with Crippen molar-refractivity contribution in [1.82, 2.24) is 19.1 Å². The van der Waals surface area contributed by atoms with Crippen molar-refractivity contribution in [3.05, 3.63) is 32.9 Å². The van der Waals surface area contributed by atoms with Gasteiger partial charge in [-0.05, 0) is 0 Å². The van der Waals surface area contributed by atoms with Crippen molar-refractivity contribution in [2.24, 2.45) is 14.1 Å². The summed E-state index contributed by atoms with van der Waals surface area (Å²) in [5.74, 6) is -0.708. The van der Waals surface area contributed by atoms with Gasteiger partial charge in [0.2, 0.25) is 0 Å². The predicted octanol–water partition coefficient (Wildman–Crippen LogP) is -0.0352. The van der Waals surface area contributed by atoms with E-state index in [4.69, 9.17) is 0 Å². The van der Waals surface area contributed by atoms with E-state index >= 15 is 0 Å². The molecule has 0 aliphatic heterocycles. The molecule has 0 bridgehead atoms. The van der Waals surface area contributed by atoms with E-state index in [9.17, 15) is 18.4 Å². The average Bonchev–Trinajstić information content (AvgIpc) is 2.32. The summed E-state index contributed by atoms with van der Waals surface area (Å²) in [6.07, 6.45) is -1.84. The third-order valence-electron chi connectivity index (χ3n) is 2.41. The molecule has 6 nitrogen and oxygen atoms in total. The Morgan fingerprint density at radius 1 is 1.24 bits per heavy atom. The van der Waals surface area contributed by atoms with Crippen LogP contribution in [0.15, 0.2) is 15.8 Å². The molecule has 0 saturated heterocycles. The Morgan fingerprint density at radius 2 is 1.88 bits per heavy atom. The molecule has 17 heavy (non-hydrogen) atoms. The number of aryl methyl sites for hydroxylation is 1. The second kappa shape index (κ2) is 3.72. The quantitative estimate of drug-likeness (QED) is 0.703. The maximum absolute atomic E-state index is 12.4. The Bertz CT molecular complexity index is 704. The van der Waals surface area contributed by atoms with Crippen LogP contribution >= 0.6 is 0 Å². The first-order valence-electron chi connectivity index (χ1n) is 4.64. The lowest BCUT2D eigenvalue weighted by atomic mass is 10.4. The van der Waals surface area contributed by atoms with E-state index in [0.29, 0.717) is 0 Å². The zero-order chi connectivity index (χ0) is 12.7. The standard InChI is InChI=1S/C9H8F2N4O2/c1-14-7-4(8(16)15(2)9(14)17)3-12-6(13-7)5(10)11/h3,5H,1-2H3. The molecule has 0 amide bonds. The molecule has 0 N–H and O–H groups in total. The highest BCUT2D eigenvalue weighted by atomic mass is 19.3. The van der Waals surface area contributed by atoms with Crippen LogP contribution in [0.4, 0.5) is 8.78 Å². The number of halogens is 2. The van der Waals surface area contributed by atoms with Crippen LogP contribution in [-0.2, 0) is 14.1 Å². The summed E-state index contributed by atoms with van der Waals surface area (Å²) in [6.45, 7) is 0. The summed E-state index contributed by atoms with van der Waals surface area (Å²) >= 11 is 0. The van der Waals surface area contributed by atoms with Gasteiger partial charge in [0.1, 0.15) is 5.39 Å². The predicted molar refractivity (Wildman–Crippen MR) is 55.0 cm³/mol. The monoisotopic (exact) mass is 242 g/mol. The third kappa shape index (κ3) is 1.61. The van der Waals surface area contributed by atoms with Gasteiger partial charge in [-0.25, -0.2) is 23.5 Å². The van der Waals surface area contributed by atoms with E-state index in [0.717, 1.165) is 15.3 Å². The van der Waals surface area contributed by atoms with Crippen molar-refractivity contribution < 1.29 is 8.78 Å². The lowest BCUT2D eigenvalue weighted by Gasteiger charge is -2.06. The second-order valence-electron chi connectivity index (χ2n) is 3.47. The molecule has 90 valence electrons. The summed E-state index contributed by atoms with van der Waals surface area (Å²) in [4.78, 5) is 30.1. The highest BCUT2D eigenvalue weighted by Crippen LogP contribution is 2.14. The minimum absolute atomic E-state index is 0.0269. The molecule has 0 aliphatic carbocycles. The van der Waals surface area contributed by atoms with Crippen LogP contribution in [0.3, 0.4) is 0 Å². The van der Waals surface area contributed by atoms with Crippen LogP contribution < -0.4 is 11.2 Å². The summed E-state index contributed by atoms with van der Waals surface area (Å²) in [5.41, 5.74) is -1.33. The lowest BCUT2D eigenvalue weighted by molar-refractivity contribution is 0.140. The average molecular weight is 242 g/mol. The lowest BCUT2D eigenvalue weighted by Crippen LogP contribution is -2.37. The summed E-state index contributed by atoms with van der Waals surface area (Å²) in [6, 6.07) is 0. The Balaban J connectivity index is 2.97. The van der Waals surface area contributed by atoms with Crippen molar-refractivity contribution in [3.63, 3.8) is 0 Å². The van der Waals surface area contributed by atoms with E-state index in [1.54, 1.807) is 0 Å². The zero-order valence-corrected chi connectivity index (χ0v) is 9.02. The molecule has 0 aliphatic rings. The van der Waals surface area contributed by atoms with Crippen LogP contribution in [0, 0.1) is 0 Å². The highest BCUT2D eigenvalue weighted by molar-refractivity contribution is 5.72. The first-order valence-corrected chi connectivity index (χ1v) is 4.64. The summed E-state index contributed by atoms with van der Waals surface area (Å²) in [5, 5.41) is 0.0269. The fourth-order valence-electron chi connectivity index (χ4n) is 1.48. The van der Waals surface area contributed by atoms with Gasteiger partial charge in [0.25, 0.3) is 12.0 Å². The summed E-state index contributed by atoms with van der Waals surface area (Å²) in [7, 11) is 2.65. The molecule has 2 aromatic heterocycles. The maximum Gasteiger partial charge on any atom is 0.332 e. The topological polar surface area (TPSA) is 69.8 Å². The van der Waals surface area contributed by atoms with Crippen LogP contribution in [0.5, 0.6) is 0 Å². The Hall–Kier alpha value is -2.12. The molecule has 0 radical (unpaired) electrons. The molecule has 0 fully saturated rings. The molecule has 0 saturated carbocycles. The molecule has 0 unspecified atom stereocenters. The normalized spacial score (nSPS) is 11.4. The fourth-order valence-corrected chi connectivity index (χ4v) is 1.48. The smallest absolute Gasteiger partial charge is 0.280 e. The number of hydrogen-bond acceptors (Lipinski definition) is 4. The Morgan fingerprint density at radius 3 is 2.47 bits per heavy atom. The van der Waals surface area contributed by atoms with Crippen molar-refractivity contribution in [2.75, 3.05) is 0 Å². The van der Waals surface area contributed by atoms with Gasteiger partial charge in [0.05, 0.1) is 0 Å². The maximum atomic E-state index is 12.4. The van der Waals surface area contributed by atoms with Crippen LogP contribution in [0.1, 0.15) is 12.2 Å². The molecular weight excluding hydrogens is 234 g/mol. The first-order chi connectivity index (χ1) is 7.93. The SMILES string of the molecule is Cn1c(=O)c2cnc(C(F)F)nc2n(C)c1=O. The molecular formula is C9H8F2N4O2. The van der Waals surface area contributed by atoms with Gasteiger partial charge < -0.3 is 0 Å². The molecule has 0 aromatic carbocycles. The van der Waals surface area contributed by atoms with Crippen molar-refractivity contribution >= 4 is 11.0 Å². The van der Waals surface area contributed by atoms with Crippen LogP contribution in [-0.4, -0.2) is 19.1 Å². The van der Waals surface area contributed by atoms with Gasteiger partial charge in [-0.2, -0.15) is 0 Å². The van der Waals surface area contributed by atoms with E-state index in [1.807, 2.05) is 0 Å². The first kappa shape index (κ1) is 11.4. The molecule has 2 heterocycles. The molecule has 2 rings (SSSR count). The molecule has 0 spiro atoms. The van der Waals surface area contributed by atoms with Gasteiger partial charge in [-0.15, -0.1) is 0 Å². The van der Waals surface area contributed by atoms with Crippen LogP contribution in [0.2, 0.25) is 0 Å². The molecule has 2 aromatic rings. The van der Waals surface area contributed by atoms with E-state index in [-0.39, 0.29) is 11.0 Å². The minimum Gasteiger partial charge on any atom is -0.280 e. The largest absolute Gasteiger partial charge is 0.332 e. The number of aromatic nitrogens is 4. The van der Waals surface area contributed by atoms with Gasteiger partial charge in [0.15, 0.2) is 11.5 Å². The van der Waals surface area contributed by atoms with Crippen molar-refractivity contribution in [1.29, 1.82) is 0 Å². The number of rotatable bonds is 1. The van der Waals surface area contributed by atoms with E-state index in [1.165, 1.54) is 14.1 Å². The van der Waals surface area contributed by atoms with Gasteiger partial charge in [-0.3, -0.25) is 13.9 Å². The van der Waals surface area contributed by atoms with Gasteiger partial charge >= 0.3 is 5.69 Å². The number of nitrogens with zero attached hydrogens (tertiary/aromatic N) is 4. The Labute approximate surface area is 93.2 Å². The fraction of sp³-hybridized carbons (Fsp3) is 0.333. The zero-order valence-electron chi connectivity index (χ0n) is 9.02. The number of alkyl halides is 2. The number of hydrogen-bond donors (Lipinski definition) is 0. The van der Waals surface area contributed by atoms with E-state index in [2.05, 4.69) is 9.97 Å².